The number of methoxy groups -OCH3 is 3. The van der Waals surface area contributed by atoms with Gasteiger partial charge in [-0.1, -0.05) is 0 Å². The summed E-state index contributed by atoms with van der Waals surface area (Å²) in [6.45, 7) is 7.40. The summed E-state index contributed by atoms with van der Waals surface area (Å²) < 4.78 is 21.6. The van der Waals surface area contributed by atoms with Gasteiger partial charge in [-0.15, -0.1) is 12.4 Å². The Morgan fingerprint density at radius 2 is 1.65 bits per heavy atom. The van der Waals surface area contributed by atoms with E-state index < -0.39 is 0 Å². The van der Waals surface area contributed by atoms with Crippen LogP contribution in [0.25, 0.3) is 0 Å². The molecule has 0 radical (unpaired) electrons. The summed E-state index contributed by atoms with van der Waals surface area (Å²) in [7, 11) is 4.94. The van der Waals surface area contributed by atoms with Crippen molar-refractivity contribution in [3.05, 3.63) is 23.8 Å². The van der Waals surface area contributed by atoms with E-state index in [9.17, 15) is 9.59 Å². The Labute approximate surface area is 246 Å². The molecule has 1 aromatic rings. The normalized spacial score (nSPS) is 18.6. The van der Waals surface area contributed by atoms with Gasteiger partial charge in [0.05, 0.1) is 13.7 Å². The van der Waals surface area contributed by atoms with Crippen molar-refractivity contribution in [3.63, 3.8) is 0 Å². The number of carbonyl (C=O) groups is 2. The van der Waals surface area contributed by atoms with Gasteiger partial charge in [-0.3, -0.25) is 9.59 Å². The molecule has 1 aliphatic heterocycles. The lowest BCUT2D eigenvalue weighted by molar-refractivity contribution is -0.132. The number of carbonyl (C=O) groups excluding carboxylic acids is 2. The summed E-state index contributed by atoms with van der Waals surface area (Å²) in [6, 6.07) is 6.34. The van der Waals surface area contributed by atoms with Crippen molar-refractivity contribution in [2.75, 3.05) is 54.2 Å². The minimum Gasteiger partial charge on any atom is -0.493 e. The van der Waals surface area contributed by atoms with E-state index in [2.05, 4.69) is 24.1 Å². The van der Waals surface area contributed by atoms with E-state index in [1.807, 2.05) is 11.0 Å². The van der Waals surface area contributed by atoms with E-state index in [-0.39, 0.29) is 36.3 Å². The fourth-order valence-electron chi connectivity index (χ4n) is 5.37. The highest BCUT2D eigenvalue weighted by atomic mass is 35.5. The average Bonchev–Trinajstić information content (AvgIpc) is 3.77. The summed E-state index contributed by atoms with van der Waals surface area (Å²) in [5.41, 5.74) is 0.598. The third-order valence-electron chi connectivity index (χ3n) is 7.60. The maximum atomic E-state index is 13.7. The largest absolute Gasteiger partial charge is 0.493 e. The summed E-state index contributed by atoms with van der Waals surface area (Å²) in [5, 5.41) is 3.68. The van der Waals surface area contributed by atoms with Gasteiger partial charge < -0.3 is 34.1 Å². The lowest BCUT2D eigenvalue weighted by atomic mass is 9.95. The number of amides is 2. The fourth-order valence-corrected chi connectivity index (χ4v) is 5.37. The zero-order valence-corrected chi connectivity index (χ0v) is 25.8. The molecule has 1 aliphatic carbocycles. The standard InChI is InChI=1S/C30H49N3O6.ClH/c1-22(2)33(30(35)23-9-14-27(38-5)28(20-23)39-19-7-18-37-4)26-11-10-24(31-21-26)15-16-32(25-12-13-25)29(34)8-6-17-36-3;/h9,14,20,22,24-26,31H,6-8,10-13,15-19,21H2,1-5H3;1H/t24-,26-;/m1./s1. The maximum absolute atomic E-state index is 13.7. The van der Waals surface area contributed by atoms with Crippen LogP contribution in [-0.4, -0.2) is 100 Å². The highest BCUT2D eigenvalue weighted by molar-refractivity contribution is 5.95. The van der Waals surface area contributed by atoms with Crippen LogP contribution in [0.4, 0.5) is 0 Å². The second kappa shape index (κ2) is 17.7. The van der Waals surface area contributed by atoms with Gasteiger partial charge in [0.2, 0.25) is 5.91 Å². The quantitative estimate of drug-likeness (QED) is 0.273. The minimum absolute atomic E-state index is 0. The van der Waals surface area contributed by atoms with Gasteiger partial charge in [-0.05, 0) is 70.6 Å². The van der Waals surface area contributed by atoms with E-state index in [0.717, 1.165) is 58.0 Å². The molecule has 0 spiro atoms. The van der Waals surface area contributed by atoms with Crippen molar-refractivity contribution in [1.82, 2.24) is 15.1 Å². The molecule has 2 atom stereocenters. The molecule has 2 fully saturated rings. The van der Waals surface area contributed by atoms with E-state index >= 15 is 0 Å². The molecule has 10 heteroatoms. The number of hydrogen-bond acceptors (Lipinski definition) is 7. The molecule has 40 heavy (non-hydrogen) atoms. The predicted molar refractivity (Wildman–Crippen MR) is 159 cm³/mol. The van der Waals surface area contributed by atoms with Crippen molar-refractivity contribution in [2.45, 2.75) is 89.4 Å². The third-order valence-corrected chi connectivity index (χ3v) is 7.60. The van der Waals surface area contributed by atoms with Crippen molar-refractivity contribution >= 4 is 24.2 Å². The van der Waals surface area contributed by atoms with E-state index in [1.54, 1.807) is 33.5 Å². The van der Waals surface area contributed by atoms with Gasteiger partial charge in [0.15, 0.2) is 11.5 Å². The van der Waals surface area contributed by atoms with Crippen LogP contribution in [-0.2, 0) is 14.3 Å². The van der Waals surface area contributed by atoms with Crippen LogP contribution < -0.4 is 14.8 Å². The third kappa shape index (κ3) is 10.1. The first-order valence-corrected chi connectivity index (χ1v) is 14.5. The summed E-state index contributed by atoms with van der Waals surface area (Å²) in [6.07, 6.45) is 7.18. The average molecular weight is 584 g/mol. The number of benzene rings is 1. The Morgan fingerprint density at radius 1 is 0.950 bits per heavy atom. The molecule has 9 nitrogen and oxygen atoms in total. The van der Waals surface area contributed by atoms with Gasteiger partial charge in [0.25, 0.3) is 5.91 Å². The van der Waals surface area contributed by atoms with E-state index in [0.29, 0.717) is 55.4 Å². The Hall–Kier alpha value is -2.07. The lowest BCUT2D eigenvalue weighted by Gasteiger charge is -2.40. The number of nitrogens with one attached hydrogen (secondary N) is 1. The zero-order chi connectivity index (χ0) is 28.2. The number of ether oxygens (including phenoxy) is 4. The highest BCUT2D eigenvalue weighted by Gasteiger charge is 2.34. The van der Waals surface area contributed by atoms with Crippen LogP contribution in [0, 0.1) is 0 Å². The molecule has 0 aromatic heterocycles. The number of piperidine rings is 1. The minimum atomic E-state index is 0. The maximum Gasteiger partial charge on any atom is 0.254 e. The van der Waals surface area contributed by atoms with Gasteiger partial charge in [0.1, 0.15) is 0 Å². The Morgan fingerprint density at radius 3 is 2.25 bits per heavy atom. The second-order valence-corrected chi connectivity index (χ2v) is 10.9. The number of rotatable bonds is 17. The molecule has 1 saturated carbocycles. The van der Waals surface area contributed by atoms with Crippen LogP contribution in [0.1, 0.15) is 75.6 Å². The Kier molecular flexibility index (Phi) is 15.1. The van der Waals surface area contributed by atoms with Gasteiger partial charge in [-0.2, -0.15) is 0 Å². The predicted octanol–water partition coefficient (Wildman–Crippen LogP) is 4.31. The first-order chi connectivity index (χ1) is 18.9. The molecular formula is C30H50ClN3O6. The summed E-state index contributed by atoms with van der Waals surface area (Å²) in [4.78, 5) is 30.5. The smallest absolute Gasteiger partial charge is 0.254 e. The Bertz CT molecular complexity index is 905. The van der Waals surface area contributed by atoms with Crippen LogP contribution in [0.5, 0.6) is 11.5 Å². The van der Waals surface area contributed by atoms with E-state index in [4.69, 9.17) is 18.9 Å². The van der Waals surface area contributed by atoms with Gasteiger partial charge in [0, 0.05) is 83.1 Å². The summed E-state index contributed by atoms with van der Waals surface area (Å²) >= 11 is 0. The van der Waals surface area contributed by atoms with Crippen molar-refractivity contribution in [2.24, 2.45) is 0 Å². The SMILES string of the molecule is COCCCOc1cc(C(=O)N(C(C)C)[C@@H]2CC[C@H](CCN(C(=O)CCCOC)C3CC3)NC2)ccc1OC.Cl. The molecule has 1 N–H and O–H groups in total. The molecule has 1 aromatic carbocycles. The molecule has 2 aliphatic rings. The van der Waals surface area contributed by atoms with Crippen molar-refractivity contribution in [3.8, 4) is 11.5 Å². The second-order valence-electron chi connectivity index (χ2n) is 10.9. The fraction of sp³-hybridized carbons (Fsp3) is 0.733. The van der Waals surface area contributed by atoms with Crippen molar-refractivity contribution < 1.29 is 28.5 Å². The first kappa shape index (κ1) is 34.1. The first-order valence-electron chi connectivity index (χ1n) is 14.5. The topological polar surface area (TPSA) is 89.6 Å². The highest BCUT2D eigenvalue weighted by Crippen LogP contribution is 2.31. The van der Waals surface area contributed by atoms with E-state index in [1.165, 1.54) is 0 Å². The molecule has 0 bridgehead atoms. The molecule has 228 valence electrons. The molecule has 3 rings (SSSR count). The monoisotopic (exact) mass is 583 g/mol. The molecule has 2 amide bonds. The molecule has 0 unspecified atom stereocenters. The number of nitrogens with zero attached hydrogens (tertiary/aromatic N) is 2. The molecule has 1 heterocycles. The molecular weight excluding hydrogens is 534 g/mol. The van der Waals surface area contributed by atoms with Crippen LogP contribution >= 0.6 is 12.4 Å². The summed E-state index contributed by atoms with van der Waals surface area (Å²) in [5.74, 6) is 1.43. The van der Waals surface area contributed by atoms with Crippen LogP contribution in [0.3, 0.4) is 0 Å². The van der Waals surface area contributed by atoms with Gasteiger partial charge in [-0.25, -0.2) is 0 Å². The molecule has 1 saturated heterocycles. The lowest BCUT2D eigenvalue weighted by Crippen LogP contribution is -2.54. The number of halogens is 1. The van der Waals surface area contributed by atoms with Crippen LogP contribution in [0.2, 0.25) is 0 Å². The van der Waals surface area contributed by atoms with Crippen molar-refractivity contribution in [1.29, 1.82) is 0 Å². The van der Waals surface area contributed by atoms with Crippen LogP contribution in [0.15, 0.2) is 18.2 Å². The number of hydrogen-bond donors (Lipinski definition) is 1. The zero-order valence-electron chi connectivity index (χ0n) is 25.0. The Balaban J connectivity index is 0.00000560. The van der Waals surface area contributed by atoms with Gasteiger partial charge >= 0.3 is 0 Å².